The average molecular weight is 297 g/mol. The Balaban J connectivity index is 2.67. The maximum absolute atomic E-state index is 13.7. The van der Waals surface area contributed by atoms with Gasteiger partial charge in [-0.3, -0.25) is 4.79 Å². The monoisotopic (exact) mass is 297 g/mol. The van der Waals surface area contributed by atoms with Crippen LogP contribution in [0.25, 0.3) is 0 Å². The lowest BCUT2D eigenvalue weighted by Gasteiger charge is -2.21. The zero-order valence-corrected chi connectivity index (χ0v) is 13.1. The number of nitrogens with one attached hydrogen (secondary N) is 1. The fourth-order valence-corrected chi connectivity index (χ4v) is 1.94. The van der Waals surface area contributed by atoms with Gasteiger partial charge in [-0.2, -0.15) is 0 Å². The molecule has 0 radical (unpaired) electrons. The van der Waals surface area contributed by atoms with Crippen LogP contribution >= 0.6 is 0 Å². The van der Waals surface area contributed by atoms with Gasteiger partial charge in [0.2, 0.25) is 0 Å². The molecular weight excluding hydrogens is 273 g/mol. The number of halogens is 1. The second kappa shape index (κ2) is 7.41. The number of rotatable bonds is 7. The molecule has 0 heterocycles. The van der Waals surface area contributed by atoms with Crippen molar-refractivity contribution in [1.29, 1.82) is 0 Å². The van der Waals surface area contributed by atoms with Gasteiger partial charge in [0, 0.05) is 12.1 Å². The van der Waals surface area contributed by atoms with Crippen molar-refractivity contribution >= 4 is 5.97 Å². The van der Waals surface area contributed by atoms with Gasteiger partial charge in [0.25, 0.3) is 0 Å². The standard InChI is InChI=1S/C16H24FNO3/c1-16(2,3)8-7-14(15(19)20)18-10-11-9-12(21-4)5-6-13(11)17/h5-6,9,14,18H,7-8,10H2,1-4H3,(H,19,20)/t14-/m0/s1. The van der Waals surface area contributed by atoms with E-state index in [1.165, 1.54) is 19.2 Å². The van der Waals surface area contributed by atoms with Gasteiger partial charge in [-0.15, -0.1) is 0 Å². The molecule has 5 heteroatoms. The van der Waals surface area contributed by atoms with Crippen molar-refractivity contribution in [2.24, 2.45) is 5.41 Å². The number of ether oxygens (including phenoxy) is 1. The number of hydrogen-bond acceptors (Lipinski definition) is 3. The van der Waals surface area contributed by atoms with Crippen LogP contribution in [0.4, 0.5) is 4.39 Å². The van der Waals surface area contributed by atoms with Crippen LogP contribution in [-0.4, -0.2) is 24.2 Å². The molecule has 0 aromatic heterocycles. The summed E-state index contributed by atoms with van der Waals surface area (Å²) in [4.78, 5) is 11.3. The summed E-state index contributed by atoms with van der Waals surface area (Å²) in [5.41, 5.74) is 0.465. The van der Waals surface area contributed by atoms with Gasteiger partial charge in [-0.05, 0) is 36.5 Å². The number of carboxylic acids is 1. The molecule has 1 aromatic rings. The highest BCUT2D eigenvalue weighted by molar-refractivity contribution is 5.73. The first-order chi connectivity index (χ1) is 9.73. The van der Waals surface area contributed by atoms with Crippen molar-refractivity contribution in [2.75, 3.05) is 7.11 Å². The smallest absolute Gasteiger partial charge is 0.320 e. The minimum Gasteiger partial charge on any atom is -0.497 e. The van der Waals surface area contributed by atoms with Gasteiger partial charge < -0.3 is 15.2 Å². The second-order valence-corrected chi connectivity index (χ2v) is 6.33. The molecule has 0 aliphatic rings. The molecule has 0 spiro atoms. The summed E-state index contributed by atoms with van der Waals surface area (Å²) in [6, 6.07) is 3.74. The maximum atomic E-state index is 13.7. The molecule has 2 N–H and O–H groups in total. The van der Waals surface area contributed by atoms with Gasteiger partial charge in [-0.1, -0.05) is 20.8 Å². The number of benzene rings is 1. The van der Waals surface area contributed by atoms with Gasteiger partial charge in [0.05, 0.1) is 7.11 Å². The minimum atomic E-state index is -0.914. The Kier molecular flexibility index (Phi) is 6.15. The van der Waals surface area contributed by atoms with E-state index in [1.54, 1.807) is 6.07 Å². The van der Waals surface area contributed by atoms with Crippen LogP contribution < -0.4 is 10.1 Å². The highest BCUT2D eigenvalue weighted by Crippen LogP contribution is 2.22. The fourth-order valence-electron chi connectivity index (χ4n) is 1.94. The van der Waals surface area contributed by atoms with Crippen molar-refractivity contribution in [3.8, 4) is 5.75 Å². The van der Waals surface area contributed by atoms with E-state index in [1.807, 2.05) is 0 Å². The first-order valence-electron chi connectivity index (χ1n) is 7.01. The largest absolute Gasteiger partial charge is 0.497 e. The minimum absolute atomic E-state index is 0.0661. The number of hydrogen-bond donors (Lipinski definition) is 2. The Hall–Kier alpha value is -1.62. The molecule has 0 amide bonds. The molecule has 0 aliphatic heterocycles. The fraction of sp³-hybridized carbons (Fsp3) is 0.562. The summed E-state index contributed by atoms with van der Waals surface area (Å²) in [7, 11) is 1.51. The van der Waals surface area contributed by atoms with Crippen LogP contribution in [-0.2, 0) is 11.3 Å². The number of methoxy groups -OCH3 is 1. The maximum Gasteiger partial charge on any atom is 0.320 e. The molecule has 0 fully saturated rings. The van der Waals surface area contributed by atoms with E-state index in [0.717, 1.165) is 6.42 Å². The summed E-state index contributed by atoms with van der Waals surface area (Å²) >= 11 is 0. The third-order valence-corrected chi connectivity index (χ3v) is 3.27. The molecular formula is C16H24FNO3. The highest BCUT2D eigenvalue weighted by Gasteiger charge is 2.21. The summed E-state index contributed by atoms with van der Waals surface area (Å²) in [5, 5.41) is 12.1. The van der Waals surface area contributed by atoms with E-state index in [0.29, 0.717) is 17.7 Å². The number of aliphatic carboxylic acids is 1. The molecule has 118 valence electrons. The van der Waals surface area contributed by atoms with Crippen LogP contribution in [0.15, 0.2) is 18.2 Å². The van der Waals surface area contributed by atoms with Crippen molar-refractivity contribution in [3.63, 3.8) is 0 Å². The van der Waals surface area contributed by atoms with E-state index in [4.69, 9.17) is 4.74 Å². The Labute approximate surface area is 125 Å². The zero-order valence-electron chi connectivity index (χ0n) is 13.1. The lowest BCUT2D eigenvalue weighted by atomic mass is 9.88. The quantitative estimate of drug-likeness (QED) is 0.811. The third-order valence-electron chi connectivity index (χ3n) is 3.27. The molecule has 1 rings (SSSR count). The molecule has 1 atom stereocenters. The van der Waals surface area contributed by atoms with E-state index in [9.17, 15) is 14.3 Å². The topological polar surface area (TPSA) is 58.6 Å². The van der Waals surface area contributed by atoms with Gasteiger partial charge in [-0.25, -0.2) is 4.39 Å². The van der Waals surface area contributed by atoms with Crippen LogP contribution in [0.2, 0.25) is 0 Å². The van der Waals surface area contributed by atoms with E-state index in [2.05, 4.69) is 26.1 Å². The molecule has 4 nitrogen and oxygen atoms in total. The van der Waals surface area contributed by atoms with E-state index in [-0.39, 0.29) is 17.8 Å². The van der Waals surface area contributed by atoms with Crippen LogP contribution in [0.3, 0.4) is 0 Å². The Bertz CT molecular complexity index is 483. The Morgan fingerprint density at radius 1 is 1.43 bits per heavy atom. The predicted octanol–water partition coefficient (Wildman–Crippen LogP) is 3.20. The van der Waals surface area contributed by atoms with Crippen molar-refractivity contribution < 1.29 is 19.0 Å². The molecule has 0 bridgehead atoms. The van der Waals surface area contributed by atoms with Gasteiger partial charge in [0.15, 0.2) is 0 Å². The molecule has 0 aliphatic carbocycles. The first kappa shape index (κ1) is 17.4. The lowest BCUT2D eigenvalue weighted by molar-refractivity contribution is -0.139. The summed E-state index contributed by atoms with van der Waals surface area (Å²) in [6.45, 7) is 6.35. The van der Waals surface area contributed by atoms with Gasteiger partial charge in [0.1, 0.15) is 17.6 Å². The third kappa shape index (κ3) is 6.12. The normalized spacial score (nSPS) is 13.0. The molecule has 0 saturated heterocycles. The van der Waals surface area contributed by atoms with Crippen LogP contribution in [0.5, 0.6) is 5.75 Å². The van der Waals surface area contributed by atoms with E-state index < -0.39 is 12.0 Å². The molecule has 1 aromatic carbocycles. The second-order valence-electron chi connectivity index (χ2n) is 6.33. The van der Waals surface area contributed by atoms with Crippen molar-refractivity contribution in [1.82, 2.24) is 5.32 Å². The Morgan fingerprint density at radius 3 is 2.62 bits per heavy atom. The summed E-state index contributed by atoms with van der Waals surface area (Å²) in [5.74, 6) is -0.736. The highest BCUT2D eigenvalue weighted by atomic mass is 19.1. The van der Waals surface area contributed by atoms with Crippen LogP contribution in [0, 0.1) is 11.2 Å². The summed E-state index contributed by atoms with van der Waals surface area (Å²) in [6.07, 6.45) is 1.28. The number of carbonyl (C=O) groups is 1. The predicted molar refractivity (Wildman–Crippen MR) is 79.9 cm³/mol. The van der Waals surface area contributed by atoms with E-state index >= 15 is 0 Å². The average Bonchev–Trinajstić information content (AvgIpc) is 2.38. The number of carboxylic acid groups (broad SMARTS) is 1. The Morgan fingerprint density at radius 2 is 2.10 bits per heavy atom. The zero-order chi connectivity index (χ0) is 16.0. The first-order valence-corrected chi connectivity index (χ1v) is 7.01. The van der Waals surface area contributed by atoms with Crippen molar-refractivity contribution in [3.05, 3.63) is 29.6 Å². The van der Waals surface area contributed by atoms with Gasteiger partial charge >= 0.3 is 5.97 Å². The summed E-state index contributed by atoms with van der Waals surface area (Å²) < 4.78 is 18.7. The molecule has 21 heavy (non-hydrogen) atoms. The SMILES string of the molecule is COc1ccc(F)c(CN[C@@H](CCC(C)(C)C)C(=O)O)c1. The molecule has 0 unspecified atom stereocenters. The lowest BCUT2D eigenvalue weighted by Crippen LogP contribution is -2.37. The van der Waals surface area contributed by atoms with Crippen molar-refractivity contribution in [2.45, 2.75) is 46.2 Å². The molecule has 0 saturated carbocycles. The van der Waals surface area contributed by atoms with Crippen LogP contribution in [0.1, 0.15) is 39.2 Å².